The summed E-state index contributed by atoms with van der Waals surface area (Å²) in [6, 6.07) is 3.83. The van der Waals surface area contributed by atoms with Crippen LogP contribution in [0.1, 0.15) is 12.0 Å². The van der Waals surface area contributed by atoms with Gasteiger partial charge in [0.15, 0.2) is 0 Å². The number of aromatic nitrogens is 1. The summed E-state index contributed by atoms with van der Waals surface area (Å²) in [5.74, 6) is 0.116. The molecule has 0 atom stereocenters. The number of rotatable bonds is 5. The molecule has 1 aromatic rings. The second-order valence-corrected chi connectivity index (χ2v) is 4.47. The summed E-state index contributed by atoms with van der Waals surface area (Å²) in [6.07, 6.45) is 4.05. The van der Waals surface area contributed by atoms with Gasteiger partial charge in [-0.25, -0.2) is 0 Å². The summed E-state index contributed by atoms with van der Waals surface area (Å²) < 4.78 is 0. The number of nitrogens with zero attached hydrogens (tertiary/aromatic N) is 2. The van der Waals surface area contributed by atoms with Crippen LogP contribution < -0.4 is 10.6 Å². The van der Waals surface area contributed by atoms with Crippen LogP contribution in [0.15, 0.2) is 24.5 Å². The fourth-order valence-electron chi connectivity index (χ4n) is 1.98. The number of piperazine rings is 1. The summed E-state index contributed by atoms with van der Waals surface area (Å²) in [5, 5.41) is 6.23. The fourth-order valence-corrected chi connectivity index (χ4v) is 1.98. The number of pyridine rings is 1. The van der Waals surface area contributed by atoms with E-state index >= 15 is 0 Å². The lowest BCUT2D eigenvalue weighted by atomic mass is 10.2. The van der Waals surface area contributed by atoms with Crippen LogP contribution in [-0.2, 0) is 11.3 Å². The number of carbonyl (C=O) groups excluding carboxylic acids is 1. The van der Waals surface area contributed by atoms with Crippen molar-refractivity contribution in [1.29, 1.82) is 0 Å². The quantitative estimate of drug-likeness (QED) is 0.770. The highest BCUT2D eigenvalue weighted by Crippen LogP contribution is 1.97. The van der Waals surface area contributed by atoms with Gasteiger partial charge >= 0.3 is 0 Å². The summed E-state index contributed by atoms with van der Waals surface area (Å²) in [5.41, 5.74) is 1.08. The average Bonchev–Trinajstić information content (AvgIpc) is 2.45. The van der Waals surface area contributed by atoms with Gasteiger partial charge in [0, 0.05) is 58.1 Å². The first-order chi connectivity index (χ1) is 8.84. The van der Waals surface area contributed by atoms with Crippen LogP contribution in [0.4, 0.5) is 0 Å². The molecule has 5 heteroatoms. The highest BCUT2D eigenvalue weighted by molar-refractivity contribution is 5.76. The molecule has 0 unspecified atom stereocenters. The Balaban J connectivity index is 1.63. The van der Waals surface area contributed by atoms with Crippen molar-refractivity contribution in [3.05, 3.63) is 30.1 Å². The van der Waals surface area contributed by atoms with Gasteiger partial charge in [-0.3, -0.25) is 9.78 Å². The van der Waals surface area contributed by atoms with Crippen molar-refractivity contribution < 1.29 is 4.79 Å². The van der Waals surface area contributed by atoms with E-state index in [4.69, 9.17) is 0 Å². The summed E-state index contributed by atoms with van der Waals surface area (Å²) in [4.78, 5) is 18.0. The molecule has 0 aliphatic carbocycles. The molecule has 2 N–H and O–H groups in total. The average molecular weight is 248 g/mol. The maximum absolute atomic E-state index is 11.7. The first kappa shape index (κ1) is 13.0. The highest BCUT2D eigenvalue weighted by Gasteiger charge is 2.10. The van der Waals surface area contributed by atoms with E-state index < -0.39 is 0 Å². The molecule has 0 bridgehead atoms. The van der Waals surface area contributed by atoms with Gasteiger partial charge in [-0.2, -0.15) is 0 Å². The predicted octanol–water partition coefficient (Wildman–Crippen LogP) is -0.00690. The molecule has 1 amide bonds. The molecule has 2 rings (SSSR count). The van der Waals surface area contributed by atoms with E-state index in [1.165, 1.54) is 0 Å². The molecule has 98 valence electrons. The van der Waals surface area contributed by atoms with Crippen LogP contribution in [0.3, 0.4) is 0 Å². The Morgan fingerprint density at radius 3 is 2.78 bits per heavy atom. The van der Waals surface area contributed by atoms with Gasteiger partial charge in [-0.05, 0) is 17.7 Å². The first-order valence-electron chi connectivity index (χ1n) is 6.43. The third-order valence-electron chi connectivity index (χ3n) is 3.10. The van der Waals surface area contributed by atoms with Gasteiger partial charge in [0.25, 0.3) is 0 Å². The molecular weight excluding hydrogens is 228 g/mol. The summed E-state index contributed by atoms with van der Waals surface area (Å²) in [6.45, 7) is 5.57. The smallest absolute Gasteiger partial charge is 0.221 e. The second kappa shape index (κ2) is 7.08. The van der Waals surface area contributed by atoms with Gasteiger partial charge in [-0.1, -0.05) is 0 Å². The lowest BCUT2D eigenvalue weighted by Crippen LogP contribution is -2.44. The van der Waals surface area contributed by atoms with E-state index in [1.54, 1.807) is 12.4 Å². The number of amides is 1. The molecule has 1 aliphatic heterocycles. The zero-order valence-corrected chi connectivity index (χ0v) is 10.6. The molecule has 1 aliphatic rings. The molecular formula is C13H20N4O. The van der Waals surface area contributed by atoms with Gasteiger partial charge in [0.1, 0.15) is 0 Å². The minimum atomic E-state index is 0.116. The number of nitrogens with one attached hydrogen (secondary N) is 2. The van der Waals surface area contributed by atoms with E-state index in [0.717, 1.165) is 38.3 Å². The molecule has 18 heavy (non-hydrogen) atoms. The SMILES string of the molecule is O=C(CCN1CCNCC1)NCc1ccncc1. The van der Waals surface area contributed by atoms with Crippen molar-refractivity contribution in [2.45, 2.75) is 13.0 Å². The van der Waals surface area contributed by atoms with Crippen LogP contribution in [0, 0.1) is 0 Å². The molecule has 2 heterocycles. The first-order valence-corrected chi connectivity index (χ1v) is 6.43. The normalized spacial score (nSPS) is 16.4. The van der Waals surface area contributed by atoms with Gasteiger partial charge < -0.3 is 15.5 Å². The number of hydrogen-bond acceptors (Lipinski definition) is 4. The maximum atomic E-state index is 11.7. The molecule has 1 saturated heterocycles. The Hall–Kier alpha value is -1.46. The summed E-state index contributed by atoms with van der Waals surface area (Å²) >= 11 is 0. The molecule has 1 aromatic heterocycles. The van der Waals surface area contributed by atoms with Crippen molar-refractivity contribution in [2.75, 3.05) is 32.7 Å². The van der Waals surface area contributed by atoms with Crippen molar-refractivity contribution >= 4 is 5.91 Å². The van der Waals surface area contributed by atoms with Crippen molar-refractivity contribution in [2.24, 2.45) is 0 Å². The minimum absolute atomic E-state index is 0.116. The number of carbonyl (C=O) groups is 1. The molecule has 0 spiro atoms. The van der Waals surface area contributed by atoms with Crippen LogP contribution in [-0.4, -0.2) is 48.5 Å². The standard InChI is InChI=1S/C13H20N4O/c18-13(3-8-17-9-6-15-7-10-17)16-11-12-1-4-14-5-2-12/h1-2,4-5,15H,3,6-11H2,(H,16,18). The Morgan fingerprint density at radius 1 is 1.33 bits per heavy atom. The largest absolute Gasteiger partial charge is 0.352 e. The Morgan fingerprint density at radius 2 is 2.06 bits per heavy atom. The monoisotopic (exact) mass is 248 g/mol. The lowest BCUT2D eigenvalue weighted by Gasteiger charge is -2.26. The van der Waals surface area contributed by atoms with Crippen molar-refractivity contribution in [3.63, 3.8) is 0 Å². The van der Waals surface area contributed by atoms with Gasteiger partial charge in [0.05, 0.1) is 0 Å². The van der Waals surface area contributed by atoms with Crippen LogP contribution >= 0.6 is 0 Å². The molecule has 0 aromatic carbocycles. The zero-order chi connectivity index (χ0) is 12.6. The highest BCUT2D eigenvalue weighted by atomic mass is 16.1. The van der Waals surface area contributed by atoms with Crippen LogP contribution in [0.5, 0.6) is 0 Å². The van der Waals surface area contributed by atoms with E-state index in [2.05, 4.69) is 20.5 Å². The maximum Gasteiger partial charge on any atom is 0.221 e. The molecule has 1 fully saturated rings. The van der Waals surface area contributed by atoms with Gasteiger partial charge in [0.2, 0.25) is 5.91 Å². The molecule has 0 saturated carbocycles. The van der Waals surface area contributed by atoms with E-state index in [1.807, 2.05) is 12.1 Å². The van der Waals surface area contributed by atoms with Crippen molar-refractivity contribution in [1.82, 2.24) is 20.5 Å². The van der Waals surface area contributed by atoms with E-state index in [9.17, 15) is 4.79 Å². The van der Waals surface area contributed by atoms with Crippen molar-refractivity contribution in [3.8, 4) is 0 Å². The second-order valence-electron chi connectivity index (χ2n) is 4.47. The Labute approximate surface area is 108 Å². The third kappa shape index (κ3) is 4.43. The fraction of sp³-hybridized carbons (Fsp3) is 0.538. The molecule has 0 radical (unpaired) electrons. The molecule has 5 nitrogen and oxygen atoms in total. The van der Waals surface area contributed by atoms with E-state index in [0.29, 0.717) is 13.0 Å². The van der Waals surface area contributed by atoms with Crippen LogP contribution in [0.25, 0.3) is 0 Å². The third-order valence-corrected chi connectivity index (χ3v) is 3.10. The minimum Gasteiger partial charge on any atom is -0.352 e. The lowest BCUT2D eigenvalue weighted by molar-refractivity contribution is -0.121. The Kier molecular flexibility index (Phi) is 5.11. The van der Waals surface area contributed by atoms with Gasteiger partial charge in [-0.15, -0.1) is 0 Å². The summed E-state index contributed by atoms with van der Waals surface area (Å²) in [7, 11) is 0. The van der Waals surface area contributed by atoms with Crippen LogP contribution in [0.2, 0.25) is 0 Å². The predicted molar refractivity (Wildman–Crippen MR) is 70.0 cm³/mol. The van der Waals surface area contributed by atoms with E-state index in [-0.39, 0.29) is 5.91 Å². The zero-order valence-electron chi connectivity index (χ0n) is 10.6. The number of hydrogen-bond donors (Lipinski definition) is 2. The topological polar surface area (TPSA) is 57.3 Å². The Bertz CT molecular complexity index is 363.